The Kier molecular flexibility index (Phi) is 5.76. The molecule has 0 saturated heterocycles. The number of nitrogens with one attached hydrogen (secondary N) is 1. The molecule has 0 aliphatic heterocycles. The molecule has 0 aliphatic carbocycles. The first kappa shape index (κ1) is 15.5. The third-order valence-corrected chi connectivity index (χ3v) is 3.64. The van der Waals surface area contributed by atoms with E-state index in [4.69, 9.17) is 0 Å². The number of aliphatic hydroxyl groups is 1. The first-order chi connectivity index (χ1) is 10.2. The summed E-state index contributed by atoms with van der Waals surface area (Å²) in [6.07, 6.45) is 3.18. The average Bonchev–Trinajstić information content (AvgIpc) is 2.52. The molecule has 0 spiro atoms. The maximum absolute atomic E-state index is 13.1. The van der Waals surface area contributed by atoms with Gasteiger partial charge in [0.1, 0.15) is 5.82 Å². The third kappa shape index (κ3) is 4.30. The molecule has 0 radical (unpaired) electrons. The van der Waals surface area contributed by atoms with Crippen LogP contribution in [0.1, 0.15) is 43.4 Å². The second kappa shape index (κ2) is 7.79. The van der Waals surface area contributed by atoms with Crippen LogP contribution in [0.3, 0.4) is 0 Å². The van der Waals surface area contributed by atoms with E-state index in [1.807, 2.05) is 36.4 Å². The minimum atomic E-state index is -0.219. The van der Waals surface area contributed by atoms with Crippen LogP contribution in [0.25, 0.3) is 0 Å². The van der Waals surface area contributed by atoms with Crippen LogP contribution in [0.2, 0.25) is 0 Å². The van der Waals surface area contributed by atoms with Gasteiger partial charge in [-0.15, -0.1) is 0 Å². The molecule has 1 atom stereocenters. The molecule has 0 fully saturated rings. The van der Waals surface area contributed by atoms with Crippen LogP contribution in [0, 0.1) is 5.82 Å². The number of benzene rings is 2. The Balaban J connectivity index is 2.21. The quantitative estimate of drug-likeness (QED) is 0.776. The Bertz CT molecular complexity index is 553. The second-order valence-corrected chi connectivity index (χ2v) is 5.21. The number of para-hydroxylation sites is 1. The van der Waals surface area contributed by atoms with Crippen LogP contribution in [0.15, 0.2) is 48.5 Å². The Morgan fingerprint density at radius 2 is 1.81 bits per heavy atom. The van der Waals surface area contributed by atoms with Crippen LogP contribution < -0.4 is 5.32 Å². The molecule has 112 valence electrons. The first-order valence-corrected chi connectivity index (χ1v) is 7.45. The molecule has 0 heterocycles. The standard InChI is InChI=1S/C18H22FNO/c1-2-3-7-17(14-9-11-16(19)12-10-14)20-18-8-5-4-6-15(18)13-21/h4-6,8-12,17,20-21H,2-3,7,13H2,1H3. The average molecular weight is 287 g/mol. The Morgan fingerprint density at radius 1 is 1.10 bits per heavy atom. The smallest absolute Gasteiger partial charge is 0.123 e. The molecule has 1 unspecified atom stereocenters. The maximum Gasteiger partial charge on any atom is 0.123 e. The van der Waals surface area contributed by atoms with Gasteiger partial charge in [-0.3, -0.25) is 0 Å². The Morgan fingerprint density at radius 3 is 2.48 bits per heavy atom. The van der Waals surface area contributed by atoms with Crippen LogP contribution in [0.5, 0.6) is 0 Å². The lowest BCUT2D eigenvalue weighted by molar-refractivity contribution is 0.282. The van der Waals surface area contributed by atoms with Gasteiger partial charge in [0.2, 0.25) is 0 Å². The molecule has 3 heteroatoms. The van der Waals surface area contributed by atoms with Gasteiger partial charge < -0.3 is 10.4 Å². The van der Waals surface area contributed by atoms with Gasteiger partial charge >= 0.3 is 0 Å². The fourth-order valence-electron chi connectivity index (χ4n) is 2.41. The van der Waals surface area contributed by atoms with Gasteiger partial charge in [-0.2, -0.15) is 0 Å². The zero-order chi connectivity index (χ0) is 15.1. The van der Waals surface area contributed by atoms with E-state index in [-0.39, 0.29) is 18.5 Å². The predicted octanol–water partition coefficient (Wildman–Crippen LogP) is 4.66. The Hall–Kier alpha value is -1.87. The monoisotopic (exact) mass is 287 g/mol. The molecule has 2 aromatic rings. The SMILES string of the molecule is CCCCC(Nc1ccccc1CO)c1ccc(F)cc1. The number of anilines is 1. The van der Waals surface area contributed by atoms with Crippen LogP contribution in [0.4, 0.5) is 10.1 Å². The highest BCUT2D eigenvalue weighted by Crippen LogP contribution is 2.27. The lowest BCUT2D eigenvalue weighted by Crippen LogP contribution is -2.12. The summed E-state index contributed by atoms with van der Waals surface area (Å²) in [5.41, 5.74) is 2.88. The van der Waals surface area contributed by atoms with Gasteiger partial charge in [-0.25, -0.2) is 4.39 Å². The molecular formula is C18H22FNO. The van der Waals surface area contributed by atoms with E-state index in [1.165, 1.54) is 12.1 Å². The van der Waals surface area contributed by atoms with Crippen LogP contribution in [-0.2, 0) is 6.61 Å². The van der Waals surface area contributed by atoms with Crippen molar-refractivity contribution in [3.63, 3.8) is 0 Å². The number of hydrogen-bond donors (Lipinski definition) is 2. The molecule has 2 nitrogen and oxygen atoms in total. The molecule has 2 aromatic carbocycles. The van der Waals surface area contributed by atoms with E-state index in [1.54, 1.807) is 0 Å². The molecule has 0 bridgehead atoms. The summed E-state index contributed by atoms with van der Waals surface area (Å²) in [4.78, 5) is 0. The van der Waals surface area contributed by atoms with Crippen molar-refractivity contribution >= 4 is 5.69 Å². The van der Waals surface area contributed by atoms with E-state index in [0.29, 0.717) is 0 Å². The van der Waals surface area contributed by atoms with Gasteiger partial charge in [0, 0.05) is 11.3 Å². The van der Waals surface area contributed by atoms with Crippen LogP contribution in [-0.4, -0.2) is 5.11 Å². The van der Waals surface area contributed by atoms with Crippen molar-refractivity contribution in [1.29, 1.82) is 0 Å². The first-order valence-electron chi connectivity index (χ1n) is 7.45. The highest BCUT2D eigenvalue weighted by molar-refractivity contribution is 5.52. The Labute approximate surface area is 125 Å². The number of aliphatic hydroxyl groups excluding tert-OH is 1. The lowest BCUT2D eigenvalue weighted by Gasteiger charge is -2.22. The van der Waals surface area contributed by atoms with Crippen molar-refractivity contribution in [2.45, 2.75) is 38.8 Å². The summed E-state index contributed by atoms with van der Waals surface area (Å²) in [5.74, 6) is -0.219. The maximum atomic E-state index is 13.1. The van der Waals surface area contributed by atoms with Gasteiger partial charge in [0.15, 0.2) is 0 Å². The minimum Gasteiger partial charge on any atom is -0.392 e. The second-order valence-electron chi connectivity index (χ2n) is 5.21. The molecule has 0 aromatic heterocycles. The fourth-order valence-corrected chi connectivity index (χ4v) is 2.41. The summed E-state index contributed by atoms with van der Waals surface area (Å²) in [7, 11) is 0. The number of rotatable bonds is 7. The van der Waals surface area contributed by atoms with Crippen LogP contribution >= 0.6 is 0 Å². The van der Waals surface area contributed by atoms with Crippen molar-refractivity contribution in [2.75, 3.05) is 5.32 Å². The lowest BCUT2D eigenvalue weighted by atomic mass is 10.00. The molecule has 2 N–H and O–H groups in total. The van der Waals surface area contributed by atoms with Gasteiger partial charge in [0.25, 0.3) is 0 Å². The number of unbranched alkanes of at least 4 members (excludes halogenated alkanes) is 1. The van der Waals surface area contributed by atoms with Gasteiger partial charge in [-0.1, -0.05) is 50.1 Å². The number of hydrogen-bond acceptors (Lipinski definition) is 2. The van der Waals surface area contributed by atoms with Crippen molar-refractivity contribution < 1.29 is 9.50 Å². The van der Waals surface area contributed by atoms with Gasteiger partial charge in [-0.05, 0) is 30.2 Å². The summed E-state index contributed by atoms with van der Waals surface area (Å²) in [6.45, 7) is 2.16. The molecule has 2 rings (SSSR count). The largest absolute Gasteiger partial charge is 0.392 e. The summed E-state index contributed by atoms with van der Waals surface area (Å²) in [6, 6.07) is 14.5. The van der Waals surface area contributed by atoms with Crippen molar-refractivity contribution in [3.05, 3.63) is 65.5 Å². The predicted molar refractivity (Wildman–Crippen MR) is 84.7 cm³/mol. The normalized spacial score (nSPS) is 12.1. The summed E-state index contributed by atoms with van der Waals surface area (Å²) in [5, 5.41) is 12.9. The third-order valence-electron chi connectivity index (χ3n) is 3.64. The molecular weight excluding hydrogens is 265 g/mol. The van der Waals surface area contributed by atoms with Gasteiger partial charge in [0.05, 0.1) is 12.6 Å². The topological polar surface area (TPSA) is 32.3 Å². The molecule has 0 aliphatic rings. The van der Waals surface area contributed by atoms with E-state index in [0.717, 1.165) is 36.1 Å². The van der Waals surface area contributed by atoms with E-state index in [9.17, 15) is 9.50 Å². The zero-order valence-electron chi connectivity index (χ0n) is 12.3. The highest BCUT2D eigenvalue weighted by atomic mass is 19.1. The highest BCUT2D eigenvalue weighted by Gasteiger charge is 2.12. The minimum absolute atomic E-state index is 0.00703. The van der Waals surface area contributed by atoms with E-state index < -0.39 is 0 Å². The van der Waals surface area contributed by atoms with E-state index in [2.05, 4.69) is 12.2 Å². The molecule has 0 amide bonds. The van der Waals surface area contributed by atoms with Crippen molar-refractivity contribution in [3.8, 4) is 0 Å². The molecule has 21 heavy (non-hydrogen) atoms. The zero-order valence-corrected chi connectivity index (χ0v) is 12.3. The van der Waals surface area contributed by atoms with Crippen molar-refractivity contribution in [2.24, 2.45) is 0 Å². The summed E-state index contributed by atoms with van der Waals surface area (Å²) < 4.78 is 13.1. The van der Waals surface area contributed by atoms with Crippen molar-refractivity contribution in [1.82, 2.24) is 0 Å². The summed E-state index contributed by atoms with van der Waals surface area (Å²) >= 11 is 0. The molecule has 0 saturated carbocycles. The van der Waals surface area contributed by atoms with E-state index >= 15 is 0 Å². The number of halogens is 1. The fraction of sp³-hybridized carbons (Fsp3) is 0.333.